The molecular formula is C5H9N5OS. The topological polar surface area (TPSA) is 92.9 Å². The zero-order valence-electron chi connectivity index (χ0n) is 6.28. The highest BCUT2D eigenvalue weighted by Crippen LogP contribution is 2.06. The number of rotatable bonds is 3. The third kappa shape index (κ3) is 2.81. The van der Waals surface area contributed by atoms with Gasteiger partial charge in [0.2, 0.25) is 5.13 Å². The van der Waals surface area contributed by atoms with Crippen molar-refractivity contribution in [3.05, 3.63) is 5.51 Å². The predicted molar refractivity (Wildman–Crippen MR) is 46.0 cm³/mol. The molecule has 0 unspecified atom stereocenters. The summed E-state index contributed by atoms with van der Waals surface area (Å²) in [6.45, 7) is 0.869. The maximum absolute atomic E-state index is 10.9. The second-order valence-electron chi connectivity index (χ2n) is 1.91. The SMILES string of the molecule is NCCNC(=O)Nc1nncs1. The molecule has 4 N–H and O–H groups in total. The number of urea groups is 1. The molecule has 0 spiro atoms. The number of hydrogen-bond acceptors (Lipinski definition) is 5. The molecule has 0 atom stereocenters. The number of nitrogens with two attached hydrogens (primary N) is 1. The number of amides is 2. The van der Waals surface area contributed by atoms with Crippen molar-refractivity contribution in [3.63, 3.8) is 0 Å². The van der Waals surface area contributed by atoms with E-state index in [1.165, 1.54) is 11.3 Å². The highest BCUT2D eigenvalue weighted by atomic mass is 32.1. The molecule has 1 heterocycles. The van der Waals surface area contributed by atoms with E-state index in [2.05, 4.69) is 20.8 Å². The van der Waals surface area contributed by atoms with E-state index in [9.17, 15) is 4.79 Å². The number of anilines is 1. The Hall–Kier alpha value is -1.21. The number of carbonyl (C=O) groups is 1. The first-order chi connectivity index (χ1) is 5.83. The van der Waals surface area contributed by atoms with Gasteiger partial charge in [-0.05, 0) is 0 Å². The van der Waals surface area contributed by atoms with Crippen molar-refractivity contribution in [2.75, 3.05) is 18.4 Å². The van der Waals surface area contributed by atoms with Crippen molar-refractivity contribution >= 4 is 22.5 Å². The molecule has 1 aromatic rings. The molecule has 0 bridgehead atoms. The van der Waals surface area contributed by atoms with Crippen molar-refractivity contribution in [1.29, 1.82) is 0 Å². The van der Waals surface area contributed by atoms with Crippen LogP contribution in [0.25, 0.3) is 0 Å². The number of nitrogens with zero attached hydrogens (tertiary/aromatic N) is 2. The molecule has 7 heteroatoms. The van der Waals surface area contributed by atoms with E-state index in [4.69, 9.17) is 5.73 Å². The van der Waals surface area contributed by atoms with Gasteiger partial charge in [-0.25, -0.2) is 4.79 Å². The lowest BCUT2D eigenvalue weighted by molar-refractivity contribution is 0.252. The third-order valence-corrected chi connectivity index (χ3v) is 1.62. The summed E-state index contributed by atoms with van der Waals surface area (Å²) in [6.07, 6.45) is 0. The summed E-state index contributed by atoms with van der Waals surface area (Å²) < 4.78 is 0. The number of hydrogen-bond donors (Lipinski definition) is 3. The molecule has 2 amide bonds. The first kappa shape index (κ1) is 8.88. The van der Waals surface area contributed by atoms with Gasteiger partial charge in [0.15, 0.2) is 0 Å². The third-order valence-electron chi connectivity index (χ3n) is 1.01. The van der Waals surface area contributed by atoms with Gasteiger partial charge in [-0.1, -0.05) is 11.3 Å². The molecule has 1 rings (SSSR count). The van der Waals surface area contributed by atoms with Crippen LogP contribution in [0, 0.1) is 0 Å². The quantitative estimate of drug-likeness (QED) is 0.601. The van der Waals surface area contributed by atoms with E-state index < -0.39 is 0 Å². The minimum absolute atomic E-state index is 0.308. The van der Waals surface area contributed by atoms with Crippen molar-refractivity contribution in [2.45, 2.75) is 0 Å². The van der Waals surface area contributed by atoms with Crippen LogP contribution in [-0.4, -0.2) is 29.3 Å². The van der Waals surface area contributed by atoms with Crippen molar-refractivity contribution in [3.8, 4) is 0 Å². The maximum atomic E-state index is 10.9. The van der Waals surface area contributed by atoms with Gasteiger partial charge in [-0.3, -0.25) is 5.32 Å². The Bertz CT molecular complexity index is 236. The van der Waals surface area contributed by atoms with Gasteiger partial charge >= 0.3 is 6.03 Å². The van der Waals surface area contributed by atoms with E-state index in [0.29, 0.717) is 18.2 Å². The highest BCUT2D eigenvalue weighted by Gasteiger charge is 2.01. The van der Waals surface area contributed by atoms with E-state index in [0.717, 1.165) is 0 Å². The minimum Gasteiger partial charge on any atom is -0.337 e. The first-order valence-corrected chi connectivity index (χ1v) is 4.22. The molecule has 0 aliphatic carbocycles. The molecule has 6 nitrogen and oxygen atoms in total. The van der Waals surface area contributed by atoms with E-state index in [-0.39, 0.29) is 6.03 Å². The standard InChI is InChI=1S/C5H9N5OS/c6-1-2-7-4(11)9-5-10-8-3-12-5/h3H,1-2,6H2,(H2,7,9,10,11). The Balaban J connectivity index is 2.27. The summed E-state index contributed by atoms with van der Waals surface area (Å²) in [5.74, 6) is 0. The summed E-state index contributed by atoms with van der Waals surface area (Å²) in [6, 6.07) is -0.308. The zero-order valence-corrected chi connectivity index (χ0v) is 7.10. The van der Waals surface area contributed by atoms with Crippen LogP contribution >= 0.6 is 11.3 Å². The molecule has 0 fully saturated rings. The Labute approximate surface area is 73.2 Å². The van der Waals surface area contributed by atoms with Crippen LogP contribution in [0.15, 0.2) is 5.51 Å². The molecular weight excluding hydrogens is 178 g/mol. The fourth-order valence-electron chi connectivity index (χ4n) is 0.555. The van der Waals surface area contributed by atoms with Crippen LogP contribution in [0.2, 0.25) is 0 Å². The Kier molecular flexibility index (Phi) is 3.42. The van der Waals surface area contributed by atoms with Crippen molar-refractivity contribution in [1.82, 2.24) is 15.5 Å². The van der Waals surface area contributed by atoms with E-state index in [1.807, 2.05) is 0 Å². The smallest absolute Gasteiger partial charge is 0.321 e. The van der Waals surface area contributed by atoms with Gasteiger partial charge in [0.05, 0.1) is 0 Å². The van der Waals surface area contributed by atoms with Crippen LogP contribution in [0.3, 0.4) is 0 Å². The lowest BCUT2D eigenvalue weighted by Gasteiger charge is -2.01. The molecule has 66 valence electrons. The normalized spacial score (nSPS) is 9.42. The van der Waals surface area contributed by atoms with Gasteiger partial charge in [-0.15, -0.1) is 10.2 Å². The van der Waals surface area contributed by atoms with Gasteiger partial charge < -0.3 is 11.1 Å². The van der Waals surface area contributed by atoms with Gasteiger partial charge in [-0.2, -0.15) is 0 Å². The second-order valence-corrected chi connectivity index (χ2v) is 2.75. The van der Waals surface area contributed by atoms with Crippen molar-refractivity contribution < 1.29 is 4.79 Å². The fraction of sp³-hybridized carbons (Fsp3) is 0.400. The lowest BCUT2D eigenvalue weighted by atomic mass is 10.6. The summed E-state index contributed by atoms with van der Waals surface area (Å²) in [5, 5.41) is 12.7. The Morgan fingerprint density at radius 1 is 1.75 bits per heavy atom. The average molecular weight is 187 g/mol. The van der Waals surface area contributed by atoms with Gasteiger partial charge in [0.25, 0.3) is 0 Å². The molecule has 0 saturated heterocycles. The zero-order chi connectivity index (χ0) is 8.81. The number of nitrogens with one attached hydrogen (secondary N) is 2. The fourth-order valence-corrected chi connectivity index (χ4v) is 0.995. The molecule has 1 aromatic heterocycles. The van der Waals surface area contributed by atoms with Crippen LogP contribution in [0.1, 0.15) is 0 Å². The Morgan fingerprint density at radius 3 is 3.17 bits per heavy atom. The maximum Gasteiger partial charge on any atom is 0.321 e. The van der Waals surface area contributed by atoms with Crippen LogP contribution in [-0.2, 0) is 0 Å². The van der Waals surface area contributed by atoms with Crippen molar-refractivity contribution in [2.24, 2.45) is 5.73 Å². The molecule has 12 heavy (non-hydrogen) atoms. The predicted octanol–water partition coefficient (Wildman–Crippen LogP) is -0.382. The molecule has 0 aromatic carbocycles. The summed E-state index contributed by atoms with van der Waals surface area (Å²) >= 11 is 1.26. The summed E-state index contributed by atoms with van der Waals surface area (Å²) in [7, 11) is 0. The monoisotopic (exact) mass is 187 g/mol. The molecule has 0 radical (unpaired) electrons. The van der Waals surface area contributed by atoms with Crippen LogP contribution < -0.4 is 16.4 Å². The largest absolute Gasteiger partial charge is 0.337 e. The molecule has 0 saturated carbocycles. The van der Waals surface area contributed by atoms with E-state index in [1.54, 1.807) is 5.51 Å². The van der Waals surface area contributed by atoms with Gasteiger partial charge in [0.1, 0.15) is 5.51 Å². The minimum atomic E-state index is -0.308. The number of carbonyl (C=O) groups excluding carboxylic acids is 1. The van der Waals surface area contributed by atoms with Gasteiger partial charge in [0, 0.05) is 13.1 Å². The first-order valence-electron chi connectivity index (χ1n) is 3.34. The summed E-state index contributed by atoms with van der Waals surface area (Å²) in [4.78, 5) is 10.9. The lowest BCUT2D eigenvalue weighted by Crippen LogP contribution is -2.32. The van der Waals surface area contributed by atoms with E-state index >= 15 is 0 Å². The molecule has 0 aliphatic heterocycles. The second kappa shape index (κ2) is 4.62. The summed E-state index contributed by atoms with van der Waals surface area (Å²) in [5.41, 5.74) is 6.72. The molecule has 0 aliphatic rings. The highest BCUT2D eigenvalue weighted by molar-refractivity contribution is 7.13. The van der Waals surface area contributed by atoms with Crippen LogP contribution in [0.4, 0.5) is 9.93 Å². The van der Waals surface area contributed by atoms with Crippen LogP contribution in [0.5, 0.6) is 0 Å². The Morgan fingerprint density at radius 2 is 2.58 bits per heavy atom. The average Bonchev–Trinajstić information content (AvgIpc) is 2.53. The number of aromatic nitrogens is 2.